The molecule has 0 radical (unpaired) electrons. The van der Waals surface area contributed by atoms with E-state index in [1.54, 1.807) is 0 Å². The van der Waals surface area contributed by atoms with Crippen LogP contribution in [-0.4, -0.2) is 0 Å². The van der Waals surface area contributed by atoms with Crippen LogP contribution in [0.5, 0.6) is 0 Å². The Bertz CT molecular complexity index is 655. The molecule has 0 aromatic heterocycles. The van der Waals surface area contributed by atoms with Crippen LogP contribution < -0.4 is 11.3 Å². The minimum atomic E-state index is -0.579. The van der Waals surface area contributed by atoms with Crippen molar-refractivity contribution in [3.63, 3.8) is 0 Å². The third kappa shape index (κ3) is 2.96. The molecule has 1 aliphatic carbocycles. The second kappa shape index (κ2) is 5.92. The topological polar surface area (TPSA) is 38.0 Å². The van der Waals surface area contributed by atoms with Gasteiger partial charge in [0.25, 0.3) is 0 Å². The van der Waals surface area contributed by atoms with Crippen LogP contribution >= 0.6 is 0 Å². The average Bonchev–Trinajstić information content (AvgIpc) is 2.93. The van der Waals surface area contributed by atoms with Gasteiger partial charge in [0, 0.05) is 11.6 Å². The maximum atomic E-state index is 13.9. The first kappa shape index (κ1) is 14.2. The summed E-state index contributed by atoms with van der Waals surface area (Å²) >= 11 is 0. The maximum Gasteiger partial charge on any atom is 0.130 e. The van der Waals surface area contributed by atoms with Crippen molar-refractivity contribution in [2.24, 2.45) is 5.84 Å². The number of fused-ring (bicyclic) bond motifs is 1. The lowest BCUT2D eigenvalue weighted by molar-refractivity contribution is 0.502. The van der Waals surface area contributed by atoms with Gasteiger partial charge in [-0.15, -0.1) is 0 Å². The SMILES string of the molecule is NNC(Cc1ccc2c(c1)CCC2)c1ccc(F)cc1F. The summed E-state index contributed by atoms with van der Waals surface area (Å²) in [5, 5.41) is 0. The standard InChI is InChI=1S/C17H18F2N2/c18-14-6-7-15(16(19)10-14)17(21-20)9-11-4-5-12-2-1-3-13(12)8-11/h4-8,10,17,21H,1-3,9,20H2. The van der Waals surface area contributed by atoms with Crippen molar-refractivity contribution in [3.05, 3.63) is 70.3 Å². The van der Waals surface area contributed by atoms with Crippen molar-refractivity contribution < 1.29 is 8.78 Å². The van der Waals surface area contributed by atoms with Gasteiger partial charge in [0.1, 0.15) is 11.6 Å². The van der Waals surface area contributed by atoms with Gasteiger partial charge in [0.15, 0.2) is 0 Å². The van der Waals surface area contributed by atoms with Crippen molar-refractivity contribution in [3.8, 4) is 0 Å². The number of rotatable bonds is 4. The molecule has 0 fully saturated rings. The second-order valence-electron chi connectivity index (χ2n) is 5.55. The summed E-state index contributed by atoms with van der Waals surface area (Å²) in [5.74, 6) is 4.41. The van der Waals surface area contributed by atoms with Crippen molar-refractivity contribution in [2.45, 2.75) is 31.7 Å². The van der Waals surface area contributed by atoms with Gasteiger partial charge in [-0.25, -0.2) is 8.78 Å². The number of benzene rings is 2. The van der Waals surface area contributed by atoms with Crippen LogP contribution in [-0.2, 0) is 19.3 Å². The lowest BCUT2D eigenvalue weighted by atomic mass is 9.96. The predicted octanol–water partition coefficient (Wildman–Crippen LogP) is 3.20. The van der Waals surface area contributed by atoms with Crippen molar-refractivity contribution in [1.29, 1.82) is 0 Å². The first-order valence-corrected chi connectivity index (χ1v) is 7.19. The zero-order valence-corrected chi connectivity index (χ0v) is 11.7. The van der Waals surface area contributed by atoms with Crippen molar-refractivity contribution in [2.75, 3.05) is 0 Å². The molecular weight excluding hydrogens is 270 g/mol. The molecule has 3 rings (SSSR count). The highest BCUT2D eigenvalue weighted by Crippen LogP contribution is 2.26. The van der Waals surface area contributed by atoms with Gasteiger partial charge in [0.05, 0.1) is 6.04 Å². The Hall–Kier alpha value is -1.78. The molecule has 1 aliphatic rings. The molecule has 0 bridgehead atoms. The second-order valence-corrected chi connectivity index (χ2v) is 5.55. The summed E-state index contributed by atoms with van der Waals surface area (Å²) < 4.78 is 26.9. The Morgan fingerprint density at radius 3 is 2.62 bits per heavy atom. The van der Waals surface area contributed by atoms with Crippen LogP contribution in [0.15, 0.2) is 36.4 Å². The third-order valence-electron chi connectivity index (χ3n) is 4.14. The van der Waals surface area contributed by atoms with E-state index in [9.17, 15) is 8.78 Å². The molecule has 0 amide bonds. The molecule has 1 unspecified atom stereocenters. The highest BCUT2D eigenvalue weighted by molar-refractivity contribution is 5.36. The van der Waals surface area contributed by atoms with E-state index in [1.165, 1.54) is 29.7 Å². The van der Waals surface area contributed by atoms with Crippen LogP contribution in [0.1, 0.15) is 34.7 Å². The van der Waals surface area contributed by atoms with E-state index < -0.39 is 11.6 Å². The highest BCUT2D eigenvalue weighted by atomic mass is 19.1. The highest BCUT2D eigenvalue weighted by Gasteiger charge is 2.17. The molecule has 0 spiro atoms. The quantitative estimate of drug-likeness (QED) is 0.670. The lowest BCUT2D eigenvalue weighted by Gasteiger charge is -2.18. The molecule has 0 saturated heterocycles. The lowest BCUT2D eigenvalue weighted by Crippen LogP contribution is -2.30. The van der Waals surface area contributed by atoms with Gasteiger partial charge in [0.2, 0.25) is 0 Å². The van der Waals surface area contributed by atoms with Gasteiger partial charge < -0.3 is 0 Å². The van der Waals surface area contributed by atoms with Gasteiger partial charge >= 0.3 is 0 Å². The number of hydrazine groups is 1. The summed E-state index contributed by atoms with van der Waals surface area (Å²) in [6.07, 6.45) is 4.02. The van der Waals surface area contributed by atoms with Crippen LogP contribution in [0.25, 0.3) is 0 Å². The fourth-order valence-corrected chi connectivity index (χ4v) is 3.03. The molecule has 1 atom stereocenters. The number of halogens is 2. The van der Waals surface area contributed by atoms with Gasteiger partial charge in [-0.05, 0) is 48.4 Å². The van der Waals surface area contributed by atoms with Crippen LogP contribution in [0.4, 0.5) is 8.78 Å². The number of nitrogens with two attached hydrogens (primary N) is 1. The number of aryl methyl sites for hydroxylation is 2. The van der Waals surface area contributed by atoms with Crippen LogP contribution in [0, 0.1) is 11.6 Å². The van der Waals surface area contributed by atoms with E-state index in [1.807, 2.05) is 0 Å². The summed E-state index contributed by atoms with van der Waals surface area (Å²) in [6, 6.07) is 9.61. The molecule has 0 aliphatic heterocycles. The number of nitrogens with one attached hydrogen (secondary N) is 1. The molecule has 0 heterocycles. The van der Waals surface area contributed by atoms with Crippen LogP contribution in [0.2, 0.25) is 0 Å². The van der Waals surface area contributed by atoms with Gasteiger partial charge in [-0.1, -0.05) is 24.3 Å². The summed E-state index contributed by atoms with van der Waals surface area (Å²) in [4.78, 5) is 0. The molecule has 3 N–H and O–H groups in total. The molecule has 21 heavy (non-hydrogen) atoms. The summed E-state index contributed by atoms with van der Waals surface area (Å²) in [7, 11) is 0. The monoisotopic (exact) mass is 288 g/mol. The molecular formula is C17H18F2N2. The van der Waals surface area contributed by atoms with Gasteiger partial charge in [-0.3, -0.25) is 11.3 Å². The Morgan fingerprint density at radius 2 is 1.86 bits per heavy atom. The average molecular weight is 288 g/mol. The van der Waals surface area contributed by atoms with Crippen LogP contribution in [0.3, 0.4) is 0 Å². The fourth-order valence-electron chi connectivity index (χ4n) is 3.03. The zero-order valence-electron chi connectivity index (χ0n) is 11.7. The minimum absolute atomic E-state index is 0.370. The first-order chi connectivity index (χ1) is 10.2. The van der Waals surface area contributed by atoms with Gasteiger partial charge in [-0.2, -0.15) is 0 Å². The van der Waals surface area contributed by atoms with Crippen molar-refractivity contribution >= 4 is 0 Å². The molecule has 0 saturated carbocycles. The largest absolute Gasteiger partial charge is 0.271 e. The molecule has 2 nitrogen and oxygen atoms in total. The Morgan fingerprint density at radius 1 is 1.05 bits per heavy atom. The Kier molecular flexibility index (Phi) is 3.99. The number of hydrogen-bond donors (Lipinski definition) is 2. The fraction of sp³-hybridized carbons (Fsp3) is 0.294. The molecule has 110 valence electrons. The smallest absolute Gasteiger partial charge is 0.130 e. The predicted molar refractivity (Wildman–Crippen MR) is 78.6 cm³/mol. The molecule has 4 heteroatoms. The minimum Gasteiger partial charge on any atom is -0.271 e. The molecule has 2 aromatic rings. The first-order valence-electron chi connectivity index (χ1n) is 7.19. The van der Waals surface area contributed by atoms with E-state index in [-0.39, 0.29) is 6.04 Å². The summed E-state index contributed by atoms with van der Waals surface area (Å²) in [5.41, 5.74) is 6.92. The molecule has 2 aromatic carbocycles. The maximum absolute atomic E-state index is 13.9. The van der Waals surface area contributed by atoms with E-state index in [0.29, 0.717) is 12.0 Å². The number of hydrogen-bond acceptors (Lipinski definition) is 2. The third-order valence-corrected chi connectivity index (χ3v) is 4.14. The Balaban J connectivity index is 1.84. The Labute approximate surface area is 122 Å². The van der Waals surface area contributed by atoms with E-state index >= 15 is 0 Å². The summed E-state index contributed by atoms with van der Waals surface area (Å²) in [6.45, 7) is 0. The van der Waals surface area contributed by atoms with E-state index in [2.05, 4.69) is 23.6 Å². The normalized spacial score (nSPS) is 15.0. The van der Waals surface area contributed by atoms with E-state index in [4.69, 9.17) is 5.84 Å². The van der Waals surface area contributed by atoms with E-state index in [0.717, 1.165) is 24.5 Å². The van der Waals surface area contributed by atoms with Crippen molar-refractivity contribution in [1.82, 2.24) is 5.43 Å². The zero-order chi connectivity index (χ0) is 14.8.